The molecule has 3 rings (SSSR count). The first-order chi connectivity index (χ1) is 12.6. The van der Waals surface area contributed by atoms with Crippen molar-refractivity contribution in [1.29, 1.82) is 0 Å². The number of hydrogen-bond donors (Lipinski definition) is 0. The van der Waals surface area contributed by atoms with E-state index in [0.717, 1.165) is 12.1 Å². The van der Waals surface area contributed by atoms with Crippen LogP contribution in [0, 0.1) is 11.3 Å². The zero-order valence-electron chi connectivity index (χ0n) is 15.1. The predicted octanol–water partition coefficient (Wildman–Crippen LogP) is 1.96. The summed E-state index contributed by atoms with van der Waals surface area (Å²) >= 11 is 0. The highest BCUT2D eigenvalue weighted by atomic mass is 16.5. The van der Waals surface area contributed by atoms with Crippen LogP contribution >= 0.6 is 0 Å². The third kappa shape index (κ3) is 3.65. The number of carbonyl (C=O) groups is 3. The maximum Gasteiger partial charge on any atom is 0.321 e. The summed E-state index contributed by atoms with van der Waals surface area (Å²) in [5.41, 5.74) is -0.317. The van der Waals surface area contributed by atoms with Crippen molar-refractivity contribution in [2.75, 3.05) is 26.2 Å². The second-order valence-electron chi connectivity index (χ2n) is 6.98. The molecule has 3 atom stereocenters. The smallest absolute Gasteiger partial charge is 0.321 e. The van der Waals surface area contributed by atoms with Crippen molar-refractivity contribution in [2.24, 2.45) is 11.3 Å². The zero-order valence-corrected chi connectivity index (χ0v) is 15.1. The quantitative estimate of drug-likeness (QED) is 0.571. The van der Waals surface area contributed by atoms with Crippen LogP contribution < -0.4 is 0 Å². The van der Waals surface area contributed by atoms with Crippen LogP contribution in [0.25, 0.3) is 0 Å². The van der Waals surface area contributed by atoms with Crippen LogP contribution in [0.1, 0.15) is 31.7 Å². The topological polar surface area (TPSA) is 72.9 Å². The summed E-state index contributed by atoms with van der Waals surface area (Å²) in [7, 11) is 0. The largest absolute Gasteiger partial charge is 0.465 e. The van der Waals surface area contributed by atoms with E-state index in [0.29, 0.717) is 25.9 Å². The number of hydrogen-bond acceptors (Lipinski definition) is 6. The number of nitrogens with zero attached hydrogens (tertiary/aromatic N) is 1. The van der Waals surface area contributed by atoms with Gasteiger partial charge in [0.25, 0.3) is 0 Å². The van der Waals surface area contributed by atoms with Crippen molar-refractivity contribution in [1.82, 2.24) is 4.90 Å². The Hall–Kier alpha value is -2.21. The van der Waals surface area contributed by atoms with Gasteiger partial charge >= 0.3 is 11.9 Å². The summed E-state index contributed by atoms with van der Waals surface area (Å²) in [5, 5.41) is 0. The Balaban J connectivity index is 1.70. The van der Waals surface area contributed by atoms with E-state index in [1.165, 1.54) is 0 Å². The molecule has 6 heteroatoms. The van der Waals surface area contributed by atoms with Crippen LogP contribution in [0.5, 0.6) is 0 Å². The van der Waals surface area contributed by atoms with Crippen molar-refractivity contribution in [3.8, 4) is 0 Å². The Kier molecular flexibility index (Phi) is 5.71. The maximum absolute atomic E-state index is 12.7. The summed E-state index contributed by atoms with van der Waals surface area (Å²) in [5.74, 6) is -1.34. The van der Waals surface area contributed by atoms with Gasteiger partial charge in [-0.2, -0.15) is 0 Å². The van der Waals surface area contributed by atoms with Crippen LogP contribution in [0.15, 0.2) is 30.3 Å². The third-order valence-corrected chi connectivity index (χ3v) is 5.41. The van der Waals surface area contributed by atoms with Crippen molar-refractivity contribution in [3.05, 3.63) is 35.9 Å². The van der Waals surface area contributed by atoms with E-state index in [1.807, 2.05) is 30.3 Å². The van der Waals surface area contributed by atoms with Crippen LogP contribution in [-0.2, 0) is 30.5 Å². The molecule has 2 fully saturated rings. The molecular weight excluding hydrogens is 334 g/mol. The molecule has 1 aromatic rings. The number of esters is 2. The summed E-state index contributed by atoms with van der Waals surface area (Å²) < 4.78 is 10.6. The van der Waals surface area contributed by atoms with E-state index in [2.05, 4.69) is 4.90 Å². The van der Waals surface area contributed by atoms with Gasteiger partial charge in [0, 0.05) is 25.9 Å². The summed E-state index contributed by atoms with van der Waals surface area (Å²) in [4.78, 5) is 39.9. The summed E-state index contributed by atoms with van der Waals surface area (Å²) in [6.45, 7) is 3.95. The molecule has 6 nitrogen and oxygen atoms in total. The molecule has 140 valence electrons. The standard InChI is InChI=1S/C20H25NO5/c1-2-25-19(24)20-14-21(11-9-17(20)22)10-8-16(20)12-18(23)26-13-15-6-4-3-5-7-15/h3-7,16H,2,8-14H2,1H3/t16-,20+/m1/s1. The Bertz CT molecular complexity index is 674. The Labute approximate surface area is 153 Å². The lowest BCUT2D eigenvalue weighted by molar-refractivity contribution is -0.174. The molecule has 0 aliphatic carbocycles. The van der Waals surface area contributed by atoms with E-state index >= 15 is 0 Å². The fourth-order valence-corrected chi connectivity index (χ4v) is 4.01. The Morgan fingerprint density at radius 2 is 1.96 bits per heavy atom. The molecule has 2 bridgehead atoms. The minimum absolute atomic E-state index is 0.0607. The number of ether oxygens (including phenoxy) is 2. The number of Topliss-reactive ketones (excluding diaryl/α,β-unsaturated/α-hetero) is 1. The van der Waals surface area contributed by atoms with Gasteiger partial charge in [0.1, 0.15) is 12.0 Å². The van der Waals surface area contributed by atoms with Crippen molar-refractivity contribution in [3.63, 3.8) is 0 Å². The molecule has 0 N–H and O–H groups in total. The van der Waals surface area contributed by atoms with Crippen molar-refractivity contribution < 1.29 is 23.9 Å². The third-order valence-electron chi connectivity index (χ3n) is 5.41. The monoisotopic (exact) mass is 359 g/mol. The van der Waals surface area contributed by atoms with Gasteiger partial charge in [-0.25, -0.2) is 0 Å². The van der Waals surface area contributed by atoms with Gasteiger partial charge in [0.05, 0.1) is 6.61 Å². The molecule has 2 aliphatic rings. The summed E-state index contributed by atoms with van der Waals surface area (Å²) in [6.07, 6.45) is 1.00. The van der Waals surface area contributed by atoms with Crippen LogP contribution in [0.3, 0.4) is 0 Å². The molecule has 1 unspecified atom stereocenters. The van der Waals surface area contributed by atoms with Gasteiger partial charge < -0.3 is 14.4 Å². The van der Waals surface area contributed by atoms with E-state index < -0.39 is 11.4 Å². The van der Waals surface area contributed by atoms with Gasteiger partial charge in [-0.3, -0.25) is 14.4 Å². The van der Waals surface area contributed by atoms with E-state index in [4.69, 9.17) is 9.47 Å². The average molecular weight is 359 g/mol. The fraction of sp³-hybridized carbons (Fsp3) is 0.550. The van der Waals surface area contributed by atoms with Crippen LogP contribution in [-0.4, -0.2) is 48.9 Å². The highest BCUT2D eigenvalue weighted by molar-refractivity contribution is 6.05. The lowest BCUT2D eigenvalue weighted by atomic mass is 9.64. The number of benzene rings is 1. The highest BCUT2D eigenvalue weighted by Gasteiger charge is 2.57. The zero-order chi connectivity index (χ0) is 18.6. The SMILES string of the molecule is CCOC(=O)[C@]12CN(CCC1=O)CC[C@@H]2CC(=O)OCc1ccccc1. The molecule has 26 heavy (non-hydrogen) atoms. The number of rotatable bonds is 6. The number of carbonyl (C=O) groups excluding carboxylic acids is 3. The molecule has 2 heterocycles. The number of ketones is 1. The van der Waals surface area contributed by atoms with Gasteiger partial charge in [-0.1, -0.05) is 30.3 Å². The minimum Gasteiger partial charge on any atom is -0.465 e. The second kappa shape index (κ2) is 7.99. The molecule has 0 amide bonds. The highest BCUT2D eigenvalue weighted by Crippen LogP contribution is 2.43. The molecule has 0 saturated carbocycles. The lowest BCUT2D eigenvalue weighted by Crippen LogP contribution is -2.62. The lowest BCUT2D eigenvalue weighted by Gasteiger charge is -2.48. The molecule has 0 aromatic heterocycles. The number of piperidine rings is 2. The molecule has 1 aromatic carbocycles. The molecule has 2 aliphatic heterocycles. The van der Waals surface area contributed by atoms with Crippen molar-refractivity contribution >= 4 is 17.7 Å². The van der Waals surface area contributed by atoms with Crippen LogP contribution in [0.4, 0.5) is 0 Å². The van der Waals surface area contributed by atoms with E-state index in [9.17, 15) is 14.4 Å². The number of fused-ring (bicyclic) bond motifs is 2. The normalized spacial score (nSPS) is 27.7. The first-order valence-electron chi connectivity index (χ1n) is 9.18. The van der Waals surface area contributed by atoms with Gasteiger partial charge in [0.15, 0.2) is 5.78 Å². The van der Waals surface area contributed by atoms with Gasteiger partial charge in [-0.05, 0) is 31.4 Å². The predicted molar refractivity (Wildman–Crippen MR) is 94.1 cm³/mol. The molecular formula is C20H25NO5. The van der Waals surface area contributed by atoms with Crippen LogP contribution in [0.2, 0.25) is 0 Å². The van der Waals surface area contributed by atoms with Crippen molar-refractivity contribution in [2.45, 2.75) is 32.8 Å². The maximum atomic E-state index is 12.7. The summed E-state index contributed by atoms with van der Waals surface area (Å²) in [6, 6.07) is 9.44. The Morgan fingerprint density at radius 3 is 2.69 bits per heavy atom. The first kappa shape index (κ1) is 18.6. The molecule has 0 radical (unpaired) electrons. The minimum atomic E-state index is -1.22. The average Bonchev–Trinajstić information content (AvgIpc) is 2.66. The van der Waals surface area contributed by atoms with E-state index in [-0.39, 0.29) is 37.3 Å². The Morgan fingerprint density at radius 1 is 1.19 bits per heavy atom. The van der Waals surface area contributed by atoms with E-state index in [1.54, 1.807) is 6.92 Å². The molecule has 0 spiro atoms. The van der Waals surface area contributed by atoms with Gasteiger partial charge in [0.2, 0.25) is 0 Å². The second-order valence-corrected chi connectivity index (χ2v) is 6.98. The molecule has 2 saturated heterocycles. The first-order valence-corrected chi connectivity index (χ1v) is 9.18. The fourth-order valence-electron chi connectivity index (χ4n) is 4.01. The van der Waals surface area contributed by atoms with Gasteiger partial charge in [-0.15, -0.1) is 0 Å².